The van der Waals surface area contributed by atoms with Crippen molar-refractivity contribution in [3.05, 3.63) is 51.8 Å². The van der Waals surface area contributed by atoms with Gasteiger partial charge >= 0.3 is 0 Å². The summed E-state index contributed by atoms with van der Waals surface area (Å²) in [6.07, 6.45) is 2.63. The molecule has 0 saturated heterocycles. The van der Waals surface area contributed by atoms with E-state index in [0.717, 1.165) is 29.2 Å². The second-order valence-electron chi connectivity index (χ2n) is 4.56. The zero-order chi connectivity index (χ0) is 14.7. The van der Waals surface area contributed by atoms with E-state index in [1.807, 2.05) is 14.0 Å². The molecule has 1 unspecified atom stereocenters. The molecule has 6 heteroatoms. The first-order chi connectivity index (χ1) is 9.54. The third kappa shape index (κ3) is 3.07. The van der Waals surface area contributed by atoms with Gasteiger partial charge in [-0.1, -0.05) is 13.0 Å². The molecular formula is C14H16BrF2N3. The van der Waals surface area contributed by atoms with Crippen molar-refractivity contribution in [2.24, 2.45) is 7.05 Å². The van der Waals surface area contributed by atoms with E-state index in [9.17, 15) is 8.78 Å². The Balaban J connectivity index is 2.44. The molecule has 2 aromatic rings. The first kappa shape index (κ1) is 15.1. The normalized spacial score (nSPS) is 12.7. The maximum Gasteiger partial charge on any atom is 0.159 e. The molecule has 0 aliphatic heterocycles. The van der Waals surface area contributed by atoms with Gasteiger partial charge in [0, 0.05) is 7.05 Å². The first-order valence-corrected chi connectivity index (χ1v) is 7.19. The van der Waals surface area contributed by atoms with Gasteiger partial charge in [0.1, 0.15) is 0 Å². The lowest BCUT2D eigenvalue weighted by molar-refractivity contribution is 0.499. The number of aryl methyl sites for hydroxylation is 1. The van der Waals surface area contributed by atoms with E-state index in [4.69, 9.17) is 0 Å². The summed E-state index contributed by atoms with van der Waals surface area (Å²) in [4.78, 5) is 0. The summed E-state index contributed by atoms with van der Waals surface area (Å²) in [7, 11) is 1.82. The molecule has 1 atom stereocenters. The molecule has 0 aliphatic rings. The molecule has 1 N–H and O–H groups in total. The zero-order valence-corrected chi connectivity index (χ0v) is 12.9. The van der Waals surface area contributed by atoms with Gasteiger partial charge in [-0.05, 0) is 46.6 Å². The summed E-state index contributed by atoms with van der Waals surface area (Å²) in [6.45, 7) is 2.81. The van der Waals surface area contributed by atoms with E-state index in [1.165, 1.54) is 6.07 Å². The molecule has 20 heavy (non-hydrogen) atoms. The molecule has 1 aromatic carbocycles. The highest BCUT2D eigenvalue weighted by atomic mass is 79.9. The van der Waals surface area contributed by atoms with E-state index < -0.39 is 11.6 Å². The van der Waals surface area contributed by atoms with Gasteiger partial charge in [-0.25, -0.2) is 8.78 Å². The number of nitrogens with one attached hydrogen (secondary N) is 1. The maximum atomic E-state index is 13.5. The summed E-state index contributed by atoms with van der Waals surface area (Å²) < 4.78 is 29.1. The van der Waals surface area contributed by atoms with Crippen molar-refractivity contribution in [2.45, 2.75) is 19.4 Å². The lowest BCUT2D eigenvalue weighted by Gasteiger charge is -2.20. The lowest BCUT2D eigenvalue weighted by atomic mass is 10.0. The van der Waals surface area contributed by atoms with Crippen molar-refractivity contribution in [1.82, 2.24) is 15.1 Å². The number of hydrogen-bond acceptors (Lipinski definition) is 2. The maximum absolute atomic E-state index is 13.5. The molecule has 1 heterocycles. The second-order valence-corrected chi connectivity index (χ2v) is 5.42. The van der Waals surface area contributed by atoms with Crippen molar-refractivity contribution in [2.75, 3.05) is 6.54 Å². The van der Waals surface area contributed by atoms with Crippen LogP contribution in [0.15, 0.2) is 28.9 Å². The fraction of sp³-hybridized carbons (Fsp3) is 0.357. The van der Waals surface area contributed by atoms with Crippen LogP contribution in [0.3, 0.4) is 0 Å². The SMILES string of the molecule is CCCNC(c1ccc(F)c(F)c1)c1c(Br)cnn1C. The van der Waals surface area contributed by atoms with Crippen LogP contribution in [0.4, 0.5) is 8.78 Å². The Morgan fingerprint density at radius 3 is 2.65 bits per heavy atom. The van der Waals surface area contributed by atoms with E-state index in [-0.39, 0.29) is 6.04 Å². The number of rotatable bonds is 5. The lowest BCUT2D eigenvalue weighted by Crippen LogP contribution is -2.25. The van der Waals surface area contributed by atoms with Gasteiger partial charge < -0.3 is 5.32 Å². The second kappa shape index (κ2) is 6.45. The molecule has 0 spiro atoms. The summed E-state index contributed by atoms with van der Waals surface area (Å²) >= 11 is 3.45. The minimum absolute atomic E-state index is 0.244. The smallest absolute Gasteiger partial charge is 0.159 e. The molecule has 0 saturated carbocycles. The third-order valence-corrected chi connectivity index (χ3v) is 3.70. The highest BCUT2D eigenvalue weighted by Gasteiger charge is 2.21. The zero-order valence-electron chi connectivity index (χ0n) is 11.3. The number of benzene rings is 1. The van der Waals surface area contributed by atoms with E-state index in [1.54, 1.807) is 16.9 Å². The molecule has 0 radical (unpaired) electrons. The van der Waals surface area contributed by atoms with E-state index in [2.05, 4.69) is 26.3 Å². The topological polar surface area (TPSA) is 29.9 Å². The first-order valence-electron chi connectivity index (χ1n) is 6.40. The summed E-state index contributed by atoms with van der Waals surface area (Å²) in [6, 6.07) is 3.72. The highest BCUT2D eigenvalue weighted by molar-refractivity contribution is 9.10. The van der Waals surface area contributed by atoms with Crippen LogP contribution in [0.1, 0.15) is 30.6 Å². The van der Waals surface area contributed by atoms with Crippen molar-refractivity contribution >= 4 is 15.9 Å². The monoisotopic (exact) mass is 343 g/mol. The fourth-order valence-corrected chi connectivity index (χ4v) is 2.68. The van der Waals surface area contributed by atoms with Gasteiger partial charge in [0.05, 0.1) is 22.4 Å². The van der Waals surface area contributed by atoms with Crippen molar-refractivity contribution < 1.29 is 8.78 Å². The van der Waals surface area contributed by atoms with Crippen LogP contribution in [0, 0.1) is 11.6 Å². The number of halogens is 3. The number of nitrogens with zero attached hydrogens (tertiary/aromatic N) is 2. The van der Waals surface area contributed by atoms with Crippen LogP contribution >= 0.6 is 15.9 Å². The fourth-order valence-electron chi connectivity index (χ4n) is 2.10. The summed E-state index contributed by atoms with van der Waals surface area (Å²) in [5.74, 6) is -1.68. The molecule has 1 aromatic heterocycles. The Bertz CT molecular complexity index is 579. The third-order valence-electron chi connectivity index (χ3n) is 3.09. The van der Waals surface area contributed by atoms with E-state index in [0.29, 0.717) is 5.56 Å². The molecule has 2 rings (SSSR count). The highest BCUT2D eigenvalue weighted by Crippen LogP contribution is 2.29. The van der Waals surface area contributed by atoms with Crippen molar-refractivity contribution in [1.29, 1.82) is 0 Å². The minimum atomic E-state index is -0.843. The molecule has 0 aliphatic carbocycles. The number of aromatic nitrogens is 2. The van der Waals surface area contributed by atoms with Crippen LogP contribution in [0.5, 0.6) is 0 Å². The van der Waals surface area contributed by atoms with E-state index >= 15 is 0 Å². The Kier molecular flexibility index (Phi) is 4.88. The molecular weight excluding hydrogens is 328 g/mol. The molecule has 108 valence electrons. The summed E-state index contributed by atoms with van der Waals surface area (Å²) in [5, 5.41) is 7.51. The Morgan fingerprint density at radius 1 is 1.35 bits per heavy atom. The van der Waals surface area contributed by atoms with Gasteiger partial charge in [0.15, 0.2) is 11.6 Å². The van der Waals surface area contributed by atoms with Crippen LogP contribution < -0.4 is 5.32 Å². The quantitative estimate of drug-likeness (QED) is 0.899. The molecule has 0 amide bonds. The molecule has 3 nitrogen and oxygen atoms in total. The van der Waals surface area contributed by atoms with Crippen LogP contribution in [0.2, 0.25) is 0 Å². The molecule has 0 bridgehead atoms. The van der Waals surface area contributed by atoms with Crippen LogP contribution in [-0.4, -0.2) is 16.3 Å². The van der Waals surface area contributed by atoms with Crippen LogP contribution in [-0.2, 0) is 7.05 Å². The Hall–Kier alpha value is -1.27. The summed E-state index contributed by atoms with van der Waals surface area (Å²) in [5.41, 5.74) is 1.55. The Labute approximate surface area is 125 Å². The van der Waals surface area contributed by atoms with Gasteiger partial charge in [0.2, 0.25) is 0 Å². The predicted octanol–water partition coefficient (Wildman–Crippen LogP) is 3.55. The predicted molar refractivity (Wildman–Crippen MR) is 77.4 cm³/mol. The average Bonchev–Trinajstić information content (AvgIpc) is 2.75. The van der Waals surface area contributed by atoms with Gasteiger partial charge in [-0.3, -0.25) is 4.68 Å². The molecule has 0 fully saturated rings. The van der Waals surface area contributed by atoms with Crippen molar-refractivity contribution in [3.63, 3.8) is 0 Å². The van der Waals surface area contributed by atoms with Gasteiger partial charge in [-0.2, -0.15) is 5.10 Å². The number of hydrogen-bond donors (Lipinski definition) is 1. The largest absolute Gasteiger partial charge is 0.305 e. The minimum Gasteiger partial charge on any atom is -0.305 e. The van der Waals surface area contributed by atoms with Gasteiger partial charge in [0.25, 0.3) is 0 Å². The Morgan fingerprint density at radius 2 is 2.10 bits per heavy atom. The average molecular weight is 344 g/mol. The van der Waals surface area contributed by atoms with Crippen molar-refractivity contribution in [3.8, 4) is 0 Å². The standard InChI is InChI=1S/C14H16BrF2N3/c1-3-6-18-13(14-10(15)8-19-20(14)2)9-4-5-11(16)12(17)7-9/h4-5,7-8,13,18H,3,6H2,1-2H3. The van der Waals surface area contributed by atoms with Crippen LogP contribution in [0.25, 0.3) is 0 Å². The van der Waals surface area contributed by atoms with Gasteiger partial charge in [-0.15, -0.1) is 0 Å².